The van der Waals surface area contributed by atoms with Crippen molar-refractivity contribution in [2.75, 3.05) is 26.8 Å². The minimum absolute atomic E-state index is 0.0173. The highest BCUT2D eigenvalue weighted by atomic mass is 35.5. The predicted molar refractivity (Wildman–Crippen MR) is 94.2 cm³/mol. The number of ether oxygens (including phenoxy) is 3. The Kier molecular flexibility index (Phi) is 6.35. The zero-order valence-corrected chi connectivity index (χ0v) is 15.7. The van der Waals surface area contributed by atoms with E-state index >= 15 is 0 Å². The summed E-state index contributed by atoms with van der Waals surface area (Å²) in [5.41, 5.74) is 0.495. The predicted octanol–water partition coefficient (Wildman–Crippen LogP) is 3.63. The summed E-state index contributed by atoms with van der Waals surface area (Å²) < 4.78 is 16.8. The molecule has 0 radical (unpaired) electrons. The third-order valence-corrected chi connectivity index (χ3v) is 4.02. The average molecular weight is 356 g/mol. The van der Waals surface area contributed by atoms with Gasteiger partial charge in [0.25, 0.3) is 5.91 Å². The van der Waals surface area contributed by atoms with Crippen LogP contribution in [0, 0.1) is 5.92 Å². The summed E-state index contributed by atoms with van der Waals surface area (Å²) in [5, 5.41) is 0.382. The van der Waals surface area contributed by atoms with Crippen molar-refractivity contribution < 1.29 is 19.0 Å². The summed E-state index contributed by atoms with van der Waals surface area (Å²) >= 11 is 6.34. The minimum atomic E-state index is -0.0763. The van der Waals surface area contributed by atoms with E-state index in [1.165, 1.54) is 0 Å². The quantitative estimate of drug-likeness (QED) is 0.809. The molecule has 0 aliphatic carbocycles. The number of carbonyl (C=O) groups excluding carboxylic acids is 1. The first-order valence-electron chi connectivity index (χ1n) is 8.26. The van der Waals surface area contributed by atoms with Gasteiger partial charge in [-0.2, -0.15) is 0 Å². The fraction of sp³-hybridized carbons (Fsp3) is 0.611. The van der Waals surface area contributed by atoms with Gasteiger partial charge < -0.3 is 19.1 Å². The Morgan fingerprint density at radius 1 is 1.33 bits per heavy atom. The van der Waals surface area contributed by atoms with E-state index in [9.17, 15) is 4.79 Å². The van der Waals surface area contributed by atoms with Gasteiger partial charge >= 0.3 is 0 Å². The van der Waals surface area contributed by atoms with E-state index in [1.54, 1.807) is 24.1 Å². The second kappa shape index (κ2) is 8.08. The van der Waals surface area contributed by atoms with Crippen molar-refractivity contribution in [3.8, 4) is 11.5 Å². The number of benzene rings is 1. The lowest BCUT2D eigenvalue weighted by molar-refractivity contribution is -0.0586. The summed E-state index contributed by atoms with van der Waals surface area (Å²) in [5.74, 6) is 1.24. The van der Waals surface area contributed by atoms with Gasteiger partial charge in [0.15, 0.2) is 11.5 Å². The monoisotopic (exact) mass is 355 g/mol. The van der Waals surface area contributed by atoms with Crippen molar-refractivity contribution >= 4 is 17.5 Å². The van der Waals surface area contributed by atoms with Crippen LogP contribution < -0.4 is 9.47 Å². The molecule has 0 N–H and O–H groups in total. The van der Waals surface area contributed by atoms with E-state index in [-0.39, 0.29) is 18.1 Å². The van der Waals surface area contributed by atoms with Crippen molar-refractivity contribution in [2.24, 2.45) is 5.92 Å². The Morgan fingerprint density at radius 3 is 2.50 bits per heavy atom. The van der Waals surface area contributed by atoms with Crippen molar-refractivity contribution in [3.05, 3.63) is 22.7 Å². The van der Waals surface area contributed by atoms with Gasteiger partial charge in [-0.1, -0.05) is 25.4 Å². The Balaban J connectivity index is 2.24. The second-order valence-corrected chi connectivity index (χ2v) is 7.07. The molecule has 0 unspecified atom stereocenters. The van der Waals surface area contributed by atoms with Gasteiger partial charge in [0, 0.05) is 18.7 Å². The molecule has 0 saturated carbocycles. The third kappa shape index (κ3) is 4.54. The largest absolute Gasteiger partial charge is 0.493 e. The van der Waals surface area contributed by atoms with Gasteiger partial charge in [0.1, 0.15) is 0 Å². The maximum Gasteiger partial charge on any atom is 0.254 e. The summed E-state index contributed by atoms with van der Waals surface area (Å²) in [6, 6.07) is 3.33. The molecule has 1 aliphatic heterocycles. The fourth-order valence-corrected chi connectivity index (χ4v) is 3.02. The SMILES string of the molecule is COc1cc(C(=O)N2C[C@H](C)O[C@@H](C)C2)cc(Cl)c1OCC(C)C. The molecular formula is C18H26ClNO4. The lowest BCUT2D eigenvalue weighted by atomic mass is 10.1. The highest BCUT2D eigenvalue weighted by Gasteiger charge is 2.27. The van der Waals surface area contributed by atoms with Crippen molar-refractivity contribution in [2.45, 2.75) is 39.9 Å². The number of amides is 1. The van der Waals surface area contributed by atoms with Crippen LogP contribution in [0.2, 0.25) is 5.02 Å². The molecule has 1 fully saturated rings. The standard InChI is InChI=1S/C18H26ClNO4/c1-11(2)10-23-17-15(19)6-14(7-16(17)22-5)18(21)20-8-12(3)24-13(4)9-20/h6-7,11-13H,8-10H2,1-5H3/t12-,13-/m0/s1. The Morgan fingerprint density at radius 2 is 1.96 bits per heavy atom. The number of rotatable bonds is 5. The van der Waals surface area contributed by atoms with E-state index in [0.717, 1.165) is 0 Å². The number of hydrogen-bond acceptors (Lipinski definition) is 4. The smallest absolute Gasteiger partial charge is 0.254 e. The molecule has 2 atom stereocenters. The van der Waals surface area contributed by atoms with Crippen LogP contribution >= 0.6 is 11.6 Å². The van der Waals surface area contributed by atoms with Crippen LogP contribution in [0.1, 0.15) is 38.1 Å². The molecule has 1 amide bonds. The molecule has 1 saturated heterocycles. The normalized spacial score (nSPS) is 21.0. The van der Waals surface area contributed by atoms with Gasteiger partial charge in [-0.15, -0.1) is 0 Å². The molecule has 24 heavy (non-hydrogen) atoms. The summed E-state index contributed by atoms with van der Waals surface area (Å²) in [6.45, 7) is 9.70. The van der Waals surface area contributed by atoms with Crippen LogP contribution in [-0.4, -0.2) is 49.8 Å². The lowest BCUT2D eigenvalue weighted by Gasteiger charge is -2.35. The molecule has 2 rings (SSSR count). The zero-order valence-electron chi connectivity index (χ0n) is 15.0. The fourth-order valence-electron chi connectivity index (χ4n) is 2.76. The van der Waals surface area contributed by atoms with E-state index in [1.807, 2.05) is 13.8 Å². The summed E-state index contributed by atoms with van der Waals surface area (Å²) in [4.78, 5) is 14.6. The highest BCUT2D eigenvalue weighted by Crippen LogP contribution is 2.37. The van der Waals surface area contributed by atoms with Gasteiger partial charge in [-0.25, -0.2) is 0 Å². The summed E-state index contributed by atoms with van der Waals surface area (Å²) in [7, 11) is 1.54. The van der Waals surface area contributed by atoms with Crippen LogP contribution in [0.5, 0.6) is 11.5 Å². The van der Waals surface area contributed by atoms with Gasteiger partial charge in [0.2, 0.25) is 0 Å². The first kappa shape index (κ1) is 18.9. The summed E-state index contributed by atoms with van der Waals surface area (Å²) in [6.07, 6.45) is 0.0347. The average Bonchev–Trinajstić information content (AvgIpc) is 2.51. The molecule has 1 aliphatic rings. The van der Waals surface area contributed by atoms with Crippen LogP contribution in [-0.2, 0) is 4.74 Å². The van der Waals surface area contributed by atoms with Crippen LogP contribution in [0.4, 0.5) is 0 Å². The Hall–Kier alpha value is -1.46. The second-order valence-electron chi connectivity index (χ2n) is 6.66. The van der Waals surface area contributed by atoms with Crippen LogP contribution in [0.25, 0.3) is 0 Å². The maximum atomic E-state index is 12.8. The van der Waals surface area contributed by atoms with Gasteiger partial charge in [0.05, 0.1) is 30.9 Å². The molecule has 134 valence electrons. The molecule has 1 aromatic carbocycles. The molecule has 0 spiro atoms. The van der Waals surface area contributed by atoms with E-state index in [2.05, 4.69) is 13.8 Å². The first-order valence-corrected chi connectivity index (χ1v) is 8.64. The first-order chi connectivity index (χ1) is 11.3. The number of carbonyl (C=O) groups is 1. The van der Waals surface area contributed by atoms with Gasteiger partial charge in [-0.3, -0.25) is 4.79 Å². The Bertz CT molecular complexity index is 581. The minimum Gasteiger partial charge on any atom is -0.493 e. The van der Waals surface area contributed by atoms with E-state index < -0.39 is 0 Å². The molecule has 0 aromatic heterocycles. The van der Waals surface area contributed by atoms with Crippen LogP contribution in [0.3, 0.4) is 0 Å². The molecular weight excluding hydrogens is 330 g/mol. The van der Waals surface area contributed by atoms with E-state index in [0.29, 0.717) is 47.7 Å². The molecule has 1 heterocycles. The molecule has 0 bridgehead atoms. The number of morpholine rings is 1. The Labute approximate surface area is 148 Å². The third-order valence-electron chi connectivity index (χ3n) is 3.74. The molecule has 6 heteroatoms. The zero-order chi connectivity index (χ0) is 17.9. The van der Waals surface area contributed by atoms with Crippen LogP contribution in [0.15, 0.2) is 12.1 Å². The topological polar surface area (TPSA) is 48.0 Å². The lowest BCUT2D eigenvalue weighted by Crippen LogP contribution is -2.48. The number of nitrogens with zero attached hydrogens (tertiary/aromatic N) is 1. The van der Waals surface area contributed by atoms with Crippen molar-refractivity contribution in [1.82, 2.24) is 4.90 Å². The highest BCUT2D eigenvalue weighted by molar-refractivity contribution is 6.32. The number of hydrogen-bond donors (Lipinski definition) is 0. The van der Waals surface area contributed by atoms with Crippen molar-refractivity contribution in [3.63, 3.8) is 0 Å². The van der Waals surface area contributed by atoms with E-state index in [4.69, 9.17) is 25.8 Å². The number of halogens is 1. The maximum absolute atomic E-state index is 12.8. The van der Waals surface area contributed by atoms with Gasteiger partial charge in [-0.05, 0) is 31.9 Å². The molecule has 1 aromatic rings. The number of methoxy groups -OCH3 is 1. The van der Waals surface area contributed by atoms with Crippen molar-refractivity contribution in [1.29, 1.82) is 0 Å². The molecule has 5 nitrogen and oxygen atoms in total.